The monoisotopic (exact) mass is 517 g/mol. The highest BCUT2D eigenvalue weighted by molar-refractivity contribution is 14.0. The second kappa shape index (κ2) is 11.0. The Morgan fingerprint density at radius 2 is 2.03 bits per heavy atom. The van der Waals surface area contributed by atoms with Crippen LogP contribution in [-0.4, -0.2) is 35.6 Å². The molecule has 0 saturated carbocycles. The molecule has 0 fully saturated rings. The van der Waals surface area contributed by atoms with Crippen molar-refractivity contribution in [3.63, 3.8) is 0 Å². The maximum Gasteiger partial charge on any atom is 0.191 e. The van der Waals surface area contributed by atoms with Gasteiger partial charge in [-0.1, -0.05) is 42.5 Å². The van der Waals surface area contributed by atoms with Crippen molar-refractivity contribution in [2.45, 2.75) is 26.3 Å². The predicted octanol–water partition coefficient (Wildman–Crippen LogP) is 3.93. The second-order valence-electron chi connectivity index (χ2n) is 7.02. The van der Waals surface area contributed by atoms with Crippen molar-refractivity contribution in [3.8, 4) is 17.0 Å². The first-order valence-electron chi connectivity index (χ1n) is 10.2. The molecule has 3 N–H and O–H groups in total. The summed E-state index contributed by atoms with van der Waals surface area (Å²) in [6.07, 6.45) is 3.81. The minimum atomic E-state index is 0. The molecule has 0 radical (unpaired) electrons. The smallest absolute Gasteiger partial charge is 0.191 e. The first kappa shape index (κ1) is 22.1. The summed E-state index contributed by atoms with van der Waals surface area (Å²) >= 11 is 0. The summed E-state index contributed by atoms with van der Waals surface area (Å²) in [6.45, 7) is 5.00. The number of ether oxygens (including phenoxy) is 1. The van der Waals surface area contributed by atoms with Gasteiger partial charge in [-0.15, -0.1) is 24.0 Å². The molecule has 0 aliphatic carbocycles. The summed E-state index contributed by atoms with van der Waals surface area (Å²) in [5.41, 5.74) is 4.76. The SMILES string of the molecule is CCNC(=NCc1ncc(-c2ccccc2)[nH]1)NCCc1ccc2c(c1)CCO2.I. The van der Waals surface area contributed by atoms with Gasteiger partial charge < -0.3 is 20.4 Å². The van der Waals surface area contributed by atoms with Crippen molar-refractivity contribution in [1.82, 2.24) is 20.6 Å². The zero-order chi connectivity index (χ0) is 19.9. The molecule has 30 heavy (non-hydrogen) atoms. The molecule has 4 rings (SSSR count). The third-order valence-corrected chi connectivity index (χ3v) is 4.90. The van der Waals surface area contributed by atoms with E-state index in [-0.39, 0.29) is 24.0 Å². The number of nitrogens with one attached hydrogen (secondary N) is 3. The zero-order valence-electron chi connectivity index (χ0n) is 17.1. The molecule has 7 heteroatoms. The van der Waals surface area contributed by atoms with E-state index >= 15 is 0 Å². The van der Waals surface area contributed by atoms with E-state index in [2.05, 4.69) is 62.8 Å². The summed E-state index contributed by atoms with van der Waals surface area (Å²) in [5.74, 6) is 2.68. The number of nitrogens with zero attached hydrogens (tertiary/aromatic N) is 2. The van der Waals surface area contributed by atoms with Gasteiger partial charge in [0.2, 0.25) is 0 Å². The Morgan fingerprint density at radius 3 is 2.87 bits per heavy atom. The zero-order valence-corrected chi connectivity index (χ0v) is 19.5. The van der Waals surface area contributed by atoms with Gasteiger partial charge in [0.05, 0.1) is 18.5 Å². The van der Waals surface area contributed by atoms with Gasteiger partial charge in [0.15, 0.2) is 5.96 Å². The average molecular weight is 517 g/mol. The lowest BCUT2D eigenvalue weighted by molar-refractivity contribution is 0.357. The van der Waals surface area contributed by atoms with Crippen molar-refractivity contribution >= 4 is 29.9 Å². The van der Waals surface area contributed by atoms with Crippen LogP contribution >= 0.6 is 24.0 Å². The Kier molecular flexibility index (Phi) is 8.12. The lowest BCUT2D eigenvalue weighted by Crippen LogP contribution is -2.38. The van der Waals surface area contributed by atoms with Crippen LogP contribution in [0.3, 0.4) is 0 Å². The van der Waals surface area contributed by atoms with Crippen LogP contribution in [-0.2, 0) is 19.4 Å². The number of aliphatic imine (C=N–C) groups is 1. The van der Waals surface area contributed by atoms with E-state index < -0.39 is 0 Å². The van der Waals surface area contributed by atoms with Gasteiger partial charge >= 0.3 is 0 Å². The number of fused-ring (bicyclic) bond motifs is 1. The van der Waals surface area contributed by atoms with Crippen LogP contribution in [0.2, 0.25) is 0 Å². The summed E-state index contributed by atoms with van der Waals surface area (Å²) in [5, 5.41) is 6.71. The van der Waals surface area contributed by atoms with E-state index in [1.54, 1.807) is 0 Å². The van der Waals surface area contributed by atoms with E-state index in [4.69, 9.17) is 4.74 Å². The van der Waals surface area contributed by atoms with E-state index in [1.807, 2.05) is 24.4 Å². The van der Waals surface area contributed by atoms with E-state index in [9.17, 15) is 0 Å². The number of guanidine groups is 1. The summed E-state index contributed by atoms with van der Waals surface area (Å²) in [7, 11) is 0. The fourth-order valence-corrected chi connectivity index (χ4v) is 3.42. The molecule has 6 nitrogen and oxygen atoms in total. The van der Waals surface area contributed by atoms with Crippen molar-refractivity contribution in [2.75, 3.05) is 19.7 Å². The third-order valence-electron chi connectivity index (χ3n) is 4.90. The number of hydrogen-bond donors (Lipinski definition) is 3. The fraction of sp³-hybridized carbons (Fsp3) is 0.304. The van der Waals surface area contributed by atoms with Gasteiger partial charge in [0.1, 0.15) is 18.1 Å². The quantitative estimate of drug-likeness (QED) is 0.252. The molecule has 0 saturated heterocycles. The number of aromatic amines is 1. The summed E-state index contributed by atoms with van der Waals surface area (Å²) in [4.78, 5) is 12.5. The summed E-state index contributed by atoms with van der Waals surface area (Å²) < 4.78 is 5.58. The van der Waals surface area contributed by atoms with Crippen LogP contribution in [0, 0.1) is 0 Å². The summed E-state index contributed by atoms with van der Waals surface area (Å²) in [6, 6.07) is 16.7. The van der Waals surface area contributed by atoms with E-state index in [0.717, 1.165) is 61.3 Å². The van der Waals surface area contributed by atoms with Crippen LogP contribution in [0.15, 0.2) is 59.7 Å². The number of imidazole rings is 1. The maximum atomic E-state index is 5.58. The highest BCUT2D eigenvalue weighted by Crippen LogP contribution is 2.25. The number of rotatable bonds is 7. The molecule has 1 aliphatic heterocycles. The van der Waals surface area contributed by atoms with Gasteiger partial charge in [0, 0.05) is 19.5 Å². The highest BCUT2D eigenvalue weighted by atomic mass is 127. The Morgan fingerprint density at radius 1 is 1.17 bits per heavy atom. The molecule has 2 heterocycles. The Labute approximate surface area is 194 Å². The van der Waals surface area contributed by atoms with Gasteiger partial charge in [0.25, 0.3) is 0 Å². The molecule has 0 unspecified atom stereocenters. The van der Waals surface area contributed by atoms with Gasteiger partial charge in [-0.3, -0.25) is 0 Å². The minimum absolute atomic E-state index is 0. The maximum absolute atomic E-state index is 5.58. The van der Waals surface area contributed by atoms with Gasteiger partial charge in [-0.25, -0.2) is 9.98 Å². The highest BCUT2D eigenvalue weighted by Gasteiger charge is 2.11. The molecule has 3 aromatic rings. The molecular formula is C23H28IN5O. The van der Waals surface area contributed by atoms with E-state index in [0.29, 0.717) is 6.54 Å². The standard InChI is InChI=1S/C23H27N5O.HI/c1-2-24-23(25-12-10-17-8-9-21-19(14-17)11-13-29-21)27-16-22-26-15-20(28-22)18-6-4-3-5-7-18;/h3-9,14-15H,2,10-13,16H2,1H3,(H,26,28)(H2,24,25,27);1H. The van der Waals surface area contributed by atoms with Crippen LogP contribution in [0.4, 0.5) is 0 Å². The Balaban J connectivity index is 0.00000256. The third kappa shape index (κ3) is 5.75. The van der Waals surface area contributed by atoms with Crippen molar-refractivity contribution < 1.29 is 4.74 Å². The van der Waals surface area contributed by atoms with Crippen molar-refractivity contribution in [1.29, 1.82) is 0 Å². The number of H-pyrrole nitrogens is 1. The average Bonchev–Trinajstić information content (AvgIpc) is 3.42. The molecule has 0 bridgehead atoms. The Hall–Kier alpha value is -2.55. The fourth-order valence-electron chi connectivity index (χ4n) is 3.42. The molecule has 0 atom stereocenters. The van der Waals surface area contributed by atoms with Gasteiger partial charge in [-0.05, 0) is 36.1 Å². The number of halogens is 1. The number of benzene rings is 2. The first-order chi connectivity index (χ1) is 14.3. The van der Waals surface area contributed by atoms with Crippen LogP contribution in [0.1, 0.15) is 23.9 Å². The lowest BCUT2D eigenvalue weighted by Gasteiger charge is -2.11. The van der Waals surface area contributed by atoms with Gasteiger partial charge in [-0.2, -0.15) is 0 Å². The number of hydrogen-bond acceptors (Lipinski definition) is 3. The Bertz CT molecular complexity index is 971. The van der Waals surface area contributed by atoms with Crippen molar-refractivity contribution in [3.05, 3.63) is 71.7 Å². The number of aromatic nitrogens is 2. The van der Waals surface area contributed by atoms with Crippen LogP contribution in [0.25, 0.3) is 11.3 Å². The molecule has 1 aliphatic rings. The minimum Gasteiger partial charge on any atom is -0.493 e. The first-order valence-corrected chi connectivity index (χ1v) is 10.2. The molecular weight excluding hydrogens is 489 g/mol. The van der Waals surface area contributed by atoms with Crippen LogP contribution in [0.5, 0.6) is 5.75 Å². The molecule has 2 aromatic carbocycles. The lowest BCUT2D eigenvalue weighted by atomic mass is 10.1. The predicted molar refractivity (Wildman–Crippen MR) is 132 cm³/mol. The molecule has 0 spiro atoms. The largest absolute Gasteiger partial charge is 0.493 e. The van der Waals surface area contributed by atoms with E-state index in [1.165, 1.54) is 11.1 Å². The second-order valence-corrected chi connectivity index (χ2v) is 7.02. The van der Waals surface area contributed by atoms with Crippen LogP contribution < -0.4 is 15.4 Å². The van der Waals surface area contributed by atoms with Crippen molar-refractivity contribution in [2.24, 2.45) is 4.99 Å². The molecule has 0 amide bonds. The topological polar surface area (TPSA) is 74.3 Å². The normalized spacial score (nSPS) is 12.6. The molecule has 158 valence electrons. The molecule has 1 aromatic heterocycles.